The molecular weight excluding hydrogens is 293 g/mol. The zero-order chi connectivity index (χ0) is 16.3. The molecule has 0 aliphatic rings. The van der Waals surface area contributed by atoms with Crippen molar-refractivity contribution in [1.82, 2.24) is 0 Å². The molecule has 2 nitrogen and oxygen atoms in total. The molecule has 0 unspecified atom stereocenters. The third kappa shape index (κ3) is 3.55. The monoisotopic (exact) mass is 306 g/mol. The second kappa shape index (κ2) is 6.05. The molecule has 0 aliphatic heterocycles. The Balaban J connectivity index is 2.25. The van der Waals surface area contributed by atoms with Gasteiger partial charge >= 0.3 is 6.18 Å². The zero-order valence-corrected chi connectivity index (χ0v) is 11.7. The van der Waals surface area contributed by atoms with Gasteiger partial charge in [0.25, 0.3) is 0 Å². The molecule has 0 saturated carbocycles. The van der Waals surface area contributed by atoms with Crippen molar-refractivity contribution in [2.75, 3.05) is 0 Å². The highest BCUT2D eigenvalue weighted by atomic mass is 19.4. The van der Waals surface area contributed by atoms with E-state index in [0.717, 1.165) is 12.1 Å². The average Bonchev–Trinajstić information content (AvgIpc) is 2.48. The van der Waals surface area contributed by atoms with E-state index in [1.807, 2.05) is 0 Å². The molecule has 0 bridgehead atoms. The summed E-state index contributed by atoms with van der Waals surface area (Å²) in [6.45, 7) is 1.66. The van der Waals surface area contributed by atoms with Crippen LogP contribution < -0.4 is 0 Å². The van der Waals surface area contributed by atoms with E-state index in [-0.39, 0.29) is 11.3 Å². The molecule has 22 heavy (non-hydrogen) atoms. The van der Waals surface area contributed by atoms with Crippen LogP contribution in [0.25, 0.3) is 12.2 Å². The fourth-order valence-corrected chi connectivity index (χ4v) is 2.00. The lowest BCUT2D eigenvalue weighted by Gasteiger charge is -2.06. The highest BCUT2D eigenvalue weighted by molar-refractivity contribution is 5.83. The standard InChI is InChI=1S/C17H13F3O2/c1-11-8-13(9-14(10-21)16(11)22)3-2-12-4-6-15(7-5-12)17(18,19)20/h2-10,22H,1H3/b3-2+. The largest absolute Gasteiger partial charge is 0.507 e. The molecule has 114 valence electrons. The summed E-state index contributed by atoms with van der Waals surface area (Å²) in [5, 5.41) is 9.65. The van der Waals surface area contributed by atoms with Crippen LogP contribution in [0.2, 0.25) is 0 Å². The van der Waals surface area contributed by atoms with Crippen LogP contribution in [0.4, 0.5) is 13.2 Å². The number of halogens is 3. The number of phenols is 1. The minimum Gasteiger partial charge on any atom is -0.507 e. The predicted octanol–water partition coefficient (Wildman–Crippen LogP) is 4.70. The van der Waals surface area contributed by atoms with Crippen molar-refractivity contribution in [2.45, 2.75) is 13.1 Å². The van der Waals surface area contributed by atoms with Gasteiger partial charge in [-0.05, 0) is 47.9 Å². The van der Waals surface area contributed by atoms with Crippen molar-refractivity contribution < 1.29 is 23.1 Å². The summed E-state index contributed by atoms with van der Waals surface area (Å²) >= 11 is 0. The highest BCUT2D eigenvalue weighted by Crippen LogP contribution is 2.29. The molecule has 0 radical (unpaired) electrons. The number of hydrogen-bond donors (Lipinski definition) is 1. The van der Waals surface area contributed by atoms with Gasteiger partial charge in [0.05, 0.1) is 11.1 Å². The normalized spacial score (nSPS) is 11.8. The second-order valence-corrected chi connectivity index (χ2v) is 4.85. The van der Waals surface area contributed by atoms with E-state index in [1.165, 1.54) is 18.2 Å². The van der Waals surface area contributed by atoms with Gasteiger partial charge in [-0.3, -0.25) is 4.79 Å². The summed E-state index contributed by atoms with van der Waals surface area (Å²) in [6.07, 6.45) is -0.491. The lowest BCUT2D eigenvalue weighted by molar-refractivity contribution is -0.137. The Morgan fingerprint density at radius 1 is 1.00 bits per heavy atom. The molecule has 0 amide bonds. The first-order valence-corrected chi connectivity index (χ1v) is 6.45. The first-order valence-electron chi connectivity index (χ1n) is 6.45. The summed E-state index contributed by atoms with van der Waals surface area (Å²) in [7, 11) is 0. The molecule has 0 saturated heterocycles. The van der Waals surface area contributed by atoms with Crippen LogP contribution in [-0.4, -0.2) is 11.4 Å². The number of aldehydes is 1. The van der Waals surface area contributed by atoms with E-state index in [2.05, 4.69) is 0 Å². The molecule has 0 aliphatic carbocycles. The van der Waals surface area contributed by atoms with Gasteiger partial charge in [-0.25, -0.2) is 0 Å². The van der Waals surface area contributed by atoms with Crippen molar-refractivity contribution in [1.29, 1.82) is 0 Å². The van der Waals surface area contributed by atoms with Gasteiger partial charge in [0.2, 0.25) is 0 Å². The zero-order valence-electron chi connectivity index (χ0n) is 11.7. The van der Waals surface area contributed by atoms with Crippen LogP contribution in [0.1, 0.15) is 32.6 Å². The molecule has 1 N–H and O–H groups in total. The molecule has 5 heteroatoms. The maximum absolute atomic E-state index is 12.5. The van der Waals surface area contributed by atoms with Gasteiger partial charge < -0.3 is 5.11 Å². The summed E-state index contributed by atoms with van der Waals surface area (Å²) in [6, 6.07) is 7.95. The number of alkyl halides is 3. The maximum atomic E-state index is 12.5. The highest BCUT2D eigenvalue weighted by Gasteiger charge is 2.29. The first kappa shape index (κ1) is 15.8. The lowest BCUT2D eigenvalue weighted by atomic mass is 10.0. The summed E-state index contributed by atoms with van der Waals surface area (Å²) in [4.78, 5) is 10.8. The third-order valence-corrected chi connectivity index (χ3v) is 3.19. The second-order valence-electron chi connectivity index (χ2n) is 4.85. The van der Waals surface area contributed by atoms with E-state index in [0.29, 0.717) is 23.0 Å². The Hall–Kier alpha value is -2.56. The van der Waals surface area contributed by atoms with Crippen molar-refractivity contribution in [3.8, 4) is 5.75 Å². The van der Waals surface area contributed by atoms with E-state index >= 15 is 0 Å². The molecule has 2 aromatic carbocycles. The van der Waals surface area contributed by atoms with Crippen LogP contribution in [0.15, 0.2) is 36.4 Å². The van der Waals surface area contributed by atoms with Crippen molar-refractivity contribution >= 4 is 18.4 Å². The minimum atomic E-state index is -4.35. The smallest absolute Gasteiger partial charge is 0.416 e. The Morgan fingerprint density at radius 2 is 1.59 bits per heavy atom. The summed E-state index contributed by atoms with van der Waals surface area (Å²) in [5.74, 6) is -0.0679. The van der Waals surface area contributed by atoms with E-state index < -0.39 is 11.7 Å². The van der Waals surface area contributed by atoms with Crippen LogP contribution in [-0.2, 0) is 6.18 Å². The molecule has 0 fully saturated rings. The summed E-state index contributed by atoms with van der Waals surface area (Å²) in [5.41, 5.74) is 1.31. The summed E-state index contributed by atoms with van der Waals surface area (Å²) < 4.78 is 37.4. The Morgan fingerprint density at radius 3 is 2.14 bits per heavy atom. The SMILES string of the molecule is Cc1cc(/C=C/c2ccc(C(F)(F)F)cc2)cc(C=O)c1O. The topological polar surface area (TPSA) is 37.3 Å². The molecular formula is C17H13F3O2. The van der Waals surface area contributed by atoms with E-state index in [9.17, 15) is 23.1 Å². The van der Waals surface area contributed by atoms with E-state index in [1.54, 1.807) is 25.1 Å². The molecule has 0 heterocycles. The van der Waals surface area contributed by atoms with Crippen molar-refractivity contribution in [3.63, 3.8) is 0 Å². The number of carbonyl (C=O) groups is 1. The Kier molecular flexibility index (Phi) is 4.35. The van der Waals surface area contributed by atoms with Crippen LogP contribution in [0.5, 0.6) is 5.75 Å². The van der Waals surface area contributed by atoms with Crippen LogP contribution >= 0.6 is 0 Å². The van der Waals surface area contributed by atoms with Gasteiger partial charge in [-0.1, -0.05) is 24.3 Å². The number of rotatable bonds is 3. The number of benzene rings is 2. The number of phenolic OH excluding ortho intramolecular Hbond substituents is 1. The van der Waals surface area contributed by atoms with Gasteiger partial charge in [0, 0.05) is 0 Å². The number of carbonyl (C=O) groups excluding carboxylic acids is 1. The molecule has 0 spiro atoms. The molecule has 0 aromatic heterocycles. The quantitative estimate of drug-likeness (QED) is 0.659. The van der Waals surface area contributed by atoms with Gasteiger partial charge in [0.15, 0.2) is 6.29 Å². The van der Waals surface area contributed by atoms with Crippen molar-refractivity contribution in [2.24, 2.45) is 0 Å². The van der Waals surface area contributed by atoms with Crippen LogP contribution in [0, 0.1) is 6.92 Å². The average molecular weight is 306 g/mol. The molecule has 2 rings (SSSR count). The van der Waals surface area contributed by atoms with Crippen molar-refractivity contribution in [3.05, 3.63) is 64.2 Å². The fourth-order valence-electron chi connectivity index (χ4n) is 2.00. The predicted molar refractivity (Wildman–Crippen MR) is 78.6 cm³/mol. The van der Waals surface area contributed by atoms with Gasteiger partial charge in [-0.2, -0.15) is 13.2 Å². The maximum Gasteiger partial charge on any atom is 0.416 e. The minimum absolute atomic E-state index is 0.0679. The lowest BCUT2D eigenvalue weighted by Crippen LogP contribution is -2.03. The van der Waals surface area contributed by atoms with Gasteiger partial charge in [-0.15, -0.1) is 0 Å². The van der Waals surface area contributed by atoms with Crippen LogP contribution in [0.3, 0.4) is 0 Å². The first-order chi connectivity index (χ1) is 10.3. The fraction of sp³-hybridized carbons (Fsp3) is 0.118. The van der Waals surface area contributed by atoms with Gasteiger partial charge in [0.1, 0.15) is 5.75 Å². The Bertz CT molecular complexity index is 714. The number of aromatic hydroxyl groups is 1. The van der Waals surface area contributed by atoms with E-state index in [4.69, 9.17) is 0 Å². The third-order valence-electron chi connectivity index (χ3n) is 3.19. The number of aryl methyl sites for hydroxylation is 1. The Labute approximate surface area is 125 Å². The molecule has 2 aromatic rings. The number of hydrogen-bond acceptors (Lipinski definition) is 2. The molecule has 0 atom stereocenters.